The van der Waals surface area contributed by atoms with E-state index < -0.39 is 0 Å². The second kappa shape index (κ2) is 7.16. The minimum absolute atomic E-state index is 0.225. The molecular formula is C22H27N2O3+. The van der Waals surface area contributed by atoms with Crippen LogP contribution in [0.5, 0.6) is 5.75 Å². The molecule has 3 rings (SSSR count). The number of rotatable bonds is 7. The molecule has 0 radical (unpaired) electrons. The predicted octanol–water partition coefficient (Wildman–Crippen LogP) is 3.49. The Labute approximate surface area is 160 Å². The number of quaternary nitrogens is 1. The monoisotopic (exact) mass is 367 g/mol. The molecule has 0 saturated heterocycles. The summed E-state index contributed by atoms with van der Waals surface area (Å²) in [4.78, 5) is 27.4. The number of ether oxygens (including phenoxy) is 1. The highest BCUT2D eigenvalue weighted by atomic mass is 16.5. The average molecular weight is 367 g/mol. The molecule has 2 aromatic carbocycles. The topological polar surface area (TPSA) is 46.6 Å². The number of imide groups is 1. The molecule has 0 saturated carbocycles. The van der Waals surface area contributed by atoms with Gasteiger partial charge in [0.15, 0.2) is 0 Å². The summed E-state index contributed by atoms with van der Waals surface area (Å²) >= 11 is 0. The SMILES string of the molecule is C=C(C)C[N+](C)(C)CCCN1C(=O)c2cccc3c(OC)ccc(c23)C1=O. The largest absolute Gasteiger partial charge is 0.496 e. The molecule has 2 amide bonds. The van der Waals surface area contributed by atoms with E-state index in [-0.39, 0.29) is 11.8 Å². The van der Waals surface area contributed by atoms with E-state index in [1.807, 2.05) is 19.1 Å². The first-order chi connectivity index (χ1) is 12.7. The number of nitrogens with zero attached hydrogens (tertiary/aromatic N) is 2. The molecule has 1 aliphatic heterocycles. The van der Waals surface area contributed by atoms with Gasteiger partial charge in [-0.1, -0.05) is 18.7 Å². The van der Waals surface area contributed by atoms with Crippen molar-refractivity contribution in [2.24, 2.45) is 0 Å². The molecule has 0 unspecified atom stereocenters. The smallest absolute Gasteiger partial charge is 0.261 e. The van der Waals surface area contributed by atoms with Crippen molar-refractivity contribution in [1.29, 1.82) is 0 Å². The fourth-order valence-corrected chi connectivity index (χ4v) is 3.97. The van der Waals surface area contributed by atoms with Crippen LogP contribution in [0.15, 0.2) is 42.5 Å². The lowest BCUT2D eigenvalue weighted by Crippen LogP contribution is -2.45. The van der Waals surface area contributed by atoms with E-state index in [1.54, 1.807) is 25.3 Å². The molecule has 0 aliphatic carbocycles. The number of likely N-dealkylation sites (N-methyl/N-ethyl adjacent to an activating group) is 1. The number of carbonyl (C=O) groups excluding carboxylic acids is 2. The van der Waals surface area contributed by atoms with Gasteiger partial charge in [0.05, 0.1) is 34.3 Å². The Morgan fingerprint density at radius 3 is 2.41 bits per heavy atom. The Morgan fingerprint density at radius 2 is 1.78 bits per heavy atom. The van der Waals surface area contributed by atoms with Crippen LogP contribution in [-0.2, 0) is 0 Å². The lowest BCUT2D eigenvalue weighted by Gasteiger charge is -2.32. The zero-order valence-electron chi connectivity index (χ0n) is 16.5. The second-order valence-corrected chi connectivity index (χ2v) is 7.93. The van der Waals surface area contributed by atoms with Crippen LogP contribution in [0.4, 0.5) is 0 Å². The molecule has 27 heavy (non-hydrogen) atoms. The maximum absolute atomic E-state index is 13.0. The summed E-state index contributed by atoms with van der Waals surface area (Å²) in [5.74, 6) is 0.219. The van der Waals surface area contributed by atoms with E-state index in [0.717, 1.165) is 35.0 Å². The highest BCUT2D eigenvalue weighted by molar-refractivity contribution is 6.26. The Bertz CT molecular complexity index is 908. The Balaban J connectivity index is 1.86. The lowest BCUT2D eigenvalue weighted by molar-refractivity contribution is -0.885. The number of methoxy groups -OCH3 is 1. The molecule has 0 atom stereocenters. The summed E-state index contributed by atoms with van der Waals surface area (Å²) in [6, 6.07) is 9.06. The van der Waals surface area contributed by atoms with E-state index in [2.05, 4.69) is 20.7 Å². The summed E-state index contributed by atoms with van der Waals surface area (Å²) in [6.45, 7) is 8.15. The van der Waals surface area contributed by atoms with Crippen molar-refractivity contribution in [3.8, 4) is 5.75 Å². The first kappa shape index (κ1) is 19.1. The van der Waals surface area contributed by atoms with Crippen LogP contribution in [0.3, 0.4) is 0 Å². The standard InChI is InChI=1S/C22H27N2O3/c1-15(2)14-24(3,4)13-7-12-23-21(25)17-9-6-8-16-19(27-5)11-10-18(20(16)17)22(23)26/h6,8-11H,1,7,12-14H2,2-5H3/q+1. The van der Waals surface area contributed by atoms with Crippen LogP contribution in [0.2, 0.25) is 0 Å². The lowest BCUT2D eigenvalue weighted by atomic mass is 9.93. The summed E-state index contributed by atoms with van der Waals surface area (Å²) in [6.07, 6.45) is 0.749. The quantitative estimate of drug-likeness (QED) is 0.428. The Hall–Kier alpha value is -2.66. The minimum Gasteiger partial charge on any atom is -0.496 e. The zero-order valence-corrected chi connectivity index (χ0v) is 16.5. The first-order valence-corrected chi connectivity index (χ1v) is 9.17. The van der Waals surface area contributed by atoms with Crippen LogP contribution >= 0.6 is 0 Å². The van der Waals surface area contributed by atoms with Crippen molar-refractivity contribution in [3.05, 3.63) is 53.6 Å². The fraction of sp³-hybridized carbons (Fsp3) is 0.364. The van der Waals surface area contributed by atoms with Gasteiger partial charge in [-0.05, 0) is 30.7 Å². The third-order valence-corrected chi connectivity index (χ3v) is 5.01. The molecule has 0 bridgehead atoms. The van der Waals surface area contributed by atoms with Crippen molar-refractivity contribution in [1.82, 2.24) is 4.90 Å². The number of amides is 2. The summed E-state index contributed by atoms with van der Waals surface area (Å²) in [7, 11) is 5.86. The van der Waals surface area contributed by atoms with Crippen molar-refractivity contribution in [3.63, 3.8) is 0 Å². The van der Waals surface area contributed by atoms with Gasteiger partial charge >= 0.3 is 0 Å². The summed E-state index contributed by atoms with van der Waals surface area (Å²) < 4.78 is 6.18. The van der Waals surface area contributed by atoms with Gasteiger partial charge in [-0.15, -0.1) is 0 Å². The molecule has 1 heterocycles. The average Bonchev–Trinajstić information content (AvgIpc) is 2.60. The predicted molar refractivity (Wildman–Crippen MR) is 107 cm³/mol. The van der Waals surface area contributed by atoms with Crippen LogP contribution < -0.4 is 4.74 Å². The summed E-state index contributed by atoms with van der Waals surface area (Å²) in [5.41, 5.74) is 2.26. The number of hydrogen-bond donors (Lipinski definition) is 0. The number of hydrogen-bond acceptors (Lipinski definition) is 3. The third kappa shape index (κ3) is 3.60. The Morgan fingerprint density at radius 1 is 1.11 bits per heavy atom. The highest BCUT2D eigenvalue weighted by Gasteiger charge is 2.33. The van der Waals surface area contributed by atoms with Crippen LogP contribution in [0, 0.1) is 0 Å². The molecule has 2 aromatic rings. The van der Waals surface area contributed by atoms with E-state index >= 15 is 0 Å². The molecule has 5 nitrogen and oxygen atoms in total. The van der Waals surface area contributed by atoms with Gasteiger partial charge in [0.25, 0.3) is 11.8 Å². The van der Waals surface area contributed by atoms with Gasteiger partial charge in [0.1, 0.15) is 5.75 Å². The maximum atomic E-state index is 13.0. The van der Waals surface area contributed by atoms with Gasteiger partial charge in [-0.2, -0.15) is 0 Å². The maximum Gasteiger partial charge on any atom is 0.261 e. The van der Waals surface area contributed by atoms with Gasteiger partial charge in [-0.3, -0.25) is 14.5 Å². The normalized spacial score (nSPS) is 14.0. The van der Waals surface area contributed by atoms with E-state index in [4.69, 9.17) is 4.74 Å². The van der Waals surface area contributed by atoms with E-state index in [1.165, 1.54) is 4.90 Å². The molecular weight excluding hydrogens is 340 g/mol. The molecule has 5 heteroatoms. The zero-order chi connectivity index (χ0) is 19.8. The van der Waals surface area contributed by atoms with Gasteiger partial charge in [-0.25, -0.2) is 0 Å². The highest BCUT2D eigenvalue weighted by Crippen LogP contribution is 2.35. The second-order valence-electron chi connectivity index (χ2n) is 7.93. The molecule has 1 aliphatic rings. The molecule has 0 aromatic heterocycles. The summed E-state index contributed by atoms with van der Waals surface area (Å²) in [5, 5.41) is 1.50. The van der Waals surface area contributed by atoms with Crippen LogP contribution in [0.25, 0.3) is 10.8 Å². The third-order valence-electron chi connectivity index (χ3n) is 5.01. The molecule has 142 valence electrons. The molecule has 0 fully saturated rings. The van der Waals surface area contributed by atoms with E-state index in [9.17, 15) is 9.59 Å². The van der Waals surface area contributed by atoms with Gasteiger partial charge < -0.3 is 9.22 Å². The first-order valence-electron chi connectivity index (χ1n) is 9.17. The van der Waals surface area contributed by atoms with Crippen LogP contribution in [0.1, 0.15) is 34.1 Å². The number of benzene rings is 2. The van der Waals surface area contributed by atoms with Crippen molar-refractivity contribution in [2.45, 2.75) is 13.3 Å². The van der Waals surface area contributed by atoms with Gasteiger partial charge in [0.2, 0.25) is 0 Å². The molecule has 0 N–H and O–H groups in total. The minimum atomic E-state index is -0.225. The van der Waals surface area contributed by atoms with Crippen molar-refractivity contribution >= 4 is 22.6 Å². The number of carbonyl (C=O) groups is 2. The Kier molecular flexibility index (Phi) is 5.07. The fourth-order valence-electron chi connectivity index (χ4n) is 3.97. The van der Waals surface area contributed by atoms with Crippen molar-refractivity contribution < 1.29 is 18.8 Å². The van der Waals surface area contributed by atoms with E-state index in [0.29, 0.717) is 28.8 Å². The van der Waals surface area contributed by atoms with Gasteiger partial charge in [0, 0.05) is 34.9 Å². The van der Waals surface area contributed by atoms with Crippen LogP contribution in [-0.4, -0.2) is 62.0 Å². The van der Waals surface area contributed by atoms with Crippen molar-refractivity contribution in [2.75, 3.05) is 40.8 Å². The molecule has 0 spiro atoms.